The molecule has 0 aromatic heterocycles. The average molecular weight is 293 g/mol. The van der Waals surface area contributed by atoms with Gasteiger partial charge in [0.15, 0.2) is 5.78 Å². The van der Waals surface area contributed by atoms with E-state index in [2.05, 4.69) is 0 Å². The molecule has 0 aliphatic carbocycles. The van der Waals surface area contributed by atoms with E-state index >= 15 is 0 Å². The second-order valence-corrected chi connectivity index (χ2v) is 4.76. The third-order valence-corrected chi connectivity index (χ3v) is 3.07. The summed E-state index contributed by atoms with van der Waals surface area (Å²) in [6, 6.07) is 11.2. The molecule has 0 fully saturated rings. The van der Waals surface area contributed by atoms with Crippen LogP contribution in [0.2, 0.25) is 10.0 Å². The van der Waals surface area contributed by atoms with Crippen LogP contribution in [0.3, 0.4) is 0 Å². The summed E-state index contributed by atoms with van der Waals surface area (Å²) in [7, 11) is 0. The number of benzene rings is 2. The Morgan fingerprint density at radius 1 is 1.11 bits per heavy atom. The van der Waals surface area contributed by atoms with Crippen LogP contribution in [0.5, 0.6) is 5.75 Å². The molecule has 0 aliphatic rings. The molecule has 19 heavy (non-hydrogen) atoms. The number of halogens is 2. The molecule has 0 saturated carbocycles. The van der Waals surface area contributed by atoms with Gasteiger partial charge in [-0.2, -0.15) is 0 Å². The maximum Gasteiger partial charge on any atom is 0.185 e. The highest BCUT2D eigenvalue weighted by Crippen LogP contribution is 2.22. The summed E-state index contributed by atoms with van der Waals surface area (Å²) in [6.07, 6.45) is 3.02. The largest absolute Gasteiger partial charge is 0.508 e. The number of aromatic hydroxyl groups is 1. The first-order valence-electron chi connectivity index (χ1n) is 5.53. The van der Waals surface area contributed by atoms with Gasteiger partial charge in [0.1, 0.15) is 5.75 Å². The lowest BCUT2D eigenvalue weighted by Crippen LogP contribution is -1.93. The number of rotatable bonds is 3. The normalized spacial score (nSPS) is 10.8. The number of hydrogen-bond donors (Lipinski definition) is 1. The number of carbonyl (C=O) groups excluding carboxylic acids is 1. The van der Waals surface area contributed by atoms with Crippen LogP contribution in [0.25, 0.3) is 6.08 Å². The van der Waals surface area contributed by atoms with Crippen molar-refractivity contribution in [3.63, 3.8) is 0 Å². The van der Waals surface area contributed by atoms with E-state index in [0.717, 1.165) is 0 Å². The van der Waals surface area contributed by atoms with Crippen LogP contribution in [0.1, 0.15) is 15.9 Å². The minimum atomic E-state index is -0.207. The number of carbonyl (C=O) groups is 1. The quantitative estimate of drug-likeness (QED) is 0.663. The SMILES string of the molecule is O=C(/C=C/c1ccc(Cl)cc1Cl)c1cccc(O)c1. The molecule has 1 N–H and O–H groups in total. The van der Waals surface area contributed by atoms with Crippen LogP contribution in [0, 0.1) is 0 Å². The van der Waals surface area contributed by atoms with E-state index in [-0.39, 0.29) is 11.5 Å². The van der Waals surface area contributed by atoms with Crippen molar-refractivity contribution in [3.8, 4) is 5.75 Å². The Morgan fingerprint density at radius 3 is 2.58 bits per heavy atom. The van der Waals surface area contributed by atoms with Crippen molar-refractivity contribution in [1.29, 1.82) is 0 Å². The first-order valence-corrected chi connectivity index (χ1v) is 6.28. The topological polar surface area (TPSA) is 37.3 Å². The molecule has 0 amide bonds. The van der Waals surface area contributed by atoms with E-state index in [1.54, 1.807) is 36.4 Å². The third kappa shape index (κ3) is 3.60. The highest BCUT2D eigenvalue weighted by atomic mass is 35.5. The van der Waals surface area contributed by atoms with Gasteiger partial charge < -0.3 is 5.11 Å². The van der Waals surface area contributed by atoms with Crippen LogP contribution in [-0.2, 0) is 0 Å². The Bertz CT molecular complexity index is 648. The van der Waals surface area contributed by atoms with Crippen molar-refractivity contribution in [2.75, 3.05) is 0 Å². The molecular weight excluding hydrogens is 283 g/mol. The Balaban J connectivity index is 2.21. The van der Waals surface area contributed by atoms with Crippen molar-refractivity contribution in [2.24, 2.45) is 0 Å². The summed E-state index contributed by atoms with van der Waals surface area (Å²) in [5.41, 5.74) is 1.13. The predicted molar refractivity (Wildman–Crippen MR) is 77.9 cm³/mol. The molecule has 0 heterocycles. The van der Waals surface area contributed by atoms with Crippen molar-refractivity contribution < 1.29 is 9.90 Å². The van der Waals surface area contributed by atoms with Crippen LogP contribution in [0.15, 0.2) is 48.5 Å². The minimum Gasteiger partial charge on any atom is -0.508 e. The molecule has 0 radical (unpaired) electrons. The van der Waals surface area contributed by atoms with E-state index in [1.165, 1.54) is 18.2 Å². The average Bonchev–Trinajstić information content (AvgIpc) is 2.37. The fraction of sp³-hybridized carbons (Fsp3) is 0. The summed E-state index contributed by atoms with van der Waals surface area (Å²) < 4.78 is 0. The summed E-state index contributed by atoms with van der Waals surface area (Å²) in [6.45, 7) is 0. The van der Waals surface area contributed by atoms with E-state index in [1.807, 2.05) is 0 Å². The van der Waals surface area contributed by atoms with Gasteiger partial charge in [-0.1, -0.05) is 41.4 Å². The molecule has 0 atom stereocenters. The molecule has 2 aromatic rings. The van der Waals surface area contributed by atoms with Gasteiger partial charge in [-0.25, -0.2) is 0 Å². The zero-order valence-electron chi connectivity index (χ0n) is 9.81. The van der Waals surface area contributed by atoms with E-state index < -0.39 is 0 Å². The summed E-state index contributed by atoms with van der Waals surface area (Å²) >= 11 is 11.8. The molecule has 0 spiro atoms. The van der Waals surface area contributed by atoms with Gasteiger partial charge >= 0.3 is 0 Å². The standard InChI is InChI=1S/C15H10Cl2O2/c16-12-6-4-10(14(17)9-12)5-7-15(19)11-2-1-3-13(18)8-11/h1-9,18H/b7-5+. The van der Waals surface area contributed by atoms with Crippen molar-refractivity contribution in [1.82, 2.24) is 0 Å². The zero-order chi connectivity index (χ0) is 13.8. The number of ketones is 1. The predicted octanol–water partition coefficient (Wildman–Crippen LogP) is 4.60. The highest BCUT2D eigenvalue weighted by Gasteiger charge is 2.03. The summed E-state index contributed by atoms with van der Waals surface area (Å²) in [4.78, 5) is 11.9. The van der Waals surface area contributed by atoms with Crippen molar-refractivity contribution in [3.05, 3.63) is 69.7 Å². The van der Waals surface area contributed by atoms with Gasteiger partial charge in [-0.15, -0.1) is 0 Å². The lowest BCUT2D eigenvalue weighted by atomic mass is 10.1. The van der Waals surface area contributed by atoms with Crippen LogP contribution in [0.4, 0.5) is 0 Å². The second-order valence-electron chi connectivity index (χ2n) is 3.91. The first kappa shape index (κ1) is 13.7. The van der Waals surface area contributed by atoms with Crippen molar-refractivity contribution in [2.45, 2.75) is 0 Å². The number of allylic oxidation sites excluding steroid dienone is 1. The van der Waals surface area contributed by atoms with Gasteiger partial charge in [-0.05, 0) is 42.0 Å². The number of hydrogen-bond acceptors (Lipinski definition) is 2. The van der Waals surface area contributed by atoms with Crippen LogP contribution < -0.4 is 0 Å². The fourth-order valence-electron chi connectivity index (χ4n) is 1.56. The lowest BCUT2D eigenvalue weighted by molar-refractivity contribution is 0.104. The van der Waals surface area contributed by atoms with Gasteiger partial charge in [0.2, 0.25) is 0 Å². The molecule has 0 saturated heterocycles. The summed E-state index contributed by atoms with van der Waals surface area (Å²) in [5.74, 6) is -0.148. The fourth-order valence-corrected chi connectivity index (χ4v) is 2.03. The van der Waals surface area contributed by atoms with Crippen LogP contribution in [-0.4, -0.2) is 10.9 Å². The number of phenolic OH excluding ortho intramolecular Hbond substituents is 1. The Morgan fingerprint density at radius 2 is 1.89 bits per heavy atom. The first-order chi connectivity index (χ1) is 9.06. The summed E-state index contributed by atoms with van der Waals surface area (Å²) in [5, 5.41) is 10.3. The van der Waals surface area contributed by atoms with E-state index in [4.69, 9.17) is 23.2 Å². The maximum absolute atomic E-state index is 11.9. The molecule has 4 heteroatoms. The number of phenols is 1. The van der Waals surface area contributed by atoms with Gasteiger partial charge in [0, 0.05) is 15.6 Å². The smallest absolute Gasteiger partial charge is 0.185 e. The Labute approximate surface area is 120 Å². The molecule has 0 bridgehead atoms. The second kappa shape index (κ2) is 5.91. The highest BCUT2D eigenvalue weighted by molar-refractivity contribution is 6.35. The monoisotopic (exact) mass is 292 g/mol. The Hall–Kier alpha value is -1.77. The molecule has 2 aromatic carbocycles. The third-order valence-electron chi connectivity index (χ3n) is 2.51. The molecule has 2 rings (SSSR count). The Kier molecular flexibility index (Phi) is 4.25. The molecule has 0 aliphatic heterocycles. The molecule has 96 valence electrons. The molecule has 2 nitrogen and oxygen atoms in total. The van der Waals surface area contributed by atoms with E-state index in [0.29, 0.717) is 21.2 Å². The molecule has 0 unspecified atom stereocenters. The van der Waals surface area contributed by atoms with Gasteiger partial charge in [0.25, 0.3) is 0 Å². The van der Waals surface area contributed by atoms with Gasteiger partial charge in [0.05, 0.1) is 0 Å². The molecular formula is C15H10Cl2O2. The van der Waals surface area contributed by atoms with Gasteiger partial charge in [-0.3, -0.25) is 4.79 Å². The van der Waals surface area contributed by atoms with Crippen molar-refractivity contribution >= 4 is 35.1 Å². The minimum absolute atomic E-state index is 0.0591. The maximum atomic E-state index is 11.9. The lowest BCUT2D eigenvalue weighted by Gasteiger charge is -1.99. The zero-order valence-corrected chi connectivity index (χ0v) is 11.3. The van der Waals surface area contributed by atoms with E-state index in [9.17, 15) is 9.90 Å². The van der Waals surface area contributed by atoms with Crippen LogP contribution >= 0.6 is 23.2 Å².